The van der Waals surface area contributed by atoms with Gasteiger partial charge < -0.3 is 9.88 Å². The Morgan fingerprint density at radius 1 is 1.40 bits per heavy atom. The van der Waals surface area contributed by atoms with E-state index in [-0.39, 0.29) is 23.3 Å². The van der Waals surface area contributed by atoms with E-state index in [1.165, 1.54) is 0 Å². The third kappa shape index (κ3) is 4.55. The number of aryl methyl sites for hydroxylation is 1. The zero-order chi connectivity index (χ0) is 17.9. The van der Waals surface area contributed by atoms with Crippen molar-refractivity contribution >= 4 is 38.5 Å². The van der Waals surface area contributed by atoms with Gasteiger partial charge in [-0.3, -0.25) is 4.79 Å². The van der Waals surface area contributed by atoms with Crippen LogP contribution >= 0.6 is 11.8 Å². The van der Waals surface area contributed by atoms with Crippen molar-refractivity contribution in [1.82, 2.24) is 14.9 Å². The molecule has 1 saturated heterocycles. The first kappa shape index (κ1) is 18.3. The molecule has 1 amide bonds. The molecule has 8 heteroatoms. The van der Waals surface area contributed by atoms with Gasteiger partial charge in [-0.05, 0) is 31.4 Å². The molecule has 25 heavy (non-hydrogen) atoms. The molecule has 1 aromatic carbocycles. The molecule has 1 aliphatic rings. The molecule has 2 aromatic rings. The fraction of sp³-hybridized carbons (Fsp3) is 0.529. The van der Waals surface area contributed by atoms with Crippen molar-refractivity contribution in [2.75, 3.05) is 23.8 Å². The van der Waals surface area contributed by atoms with Crippen molar-refractivity contribution in [2.45, 2.75) is 31.5 Å². The van der Waals surface area contributed by atoms with E-state index < -0.39 is 9.84 Å². The molecule has 1 unspecified atom stereocenters. The molecule has 1 aromatic heterocycles. The number of para-hydroxylation sites is 2. The summed E-state index contributed by atoms with van der Waals surface area (Å²) >= 11 is 1.58. The normalized spacial score (nSPS) is 19.3. The fourth-order valence-corrected chi connectivity index (χ4v) is 5.96. The van der Waals surface area contributed by atoms with Gasteiger partial charge in [0.2, 0.25) is 5.91 Å². The zero-order valence-electron chi connectivity index (χ0n) is 14.3. The summed E-state index contributed by atoms with van der Waals surface area (Å²) in [6.45, 7) is 3.38. The first-order valence-electron chi connectivity index (χ1n) is 8.53. The van der Waals surface area contributed by atoms with Gasteiger partial charge in [-0.1, -0.05) is 23.9 Å². The monoisotopic (exact) mass is 381 g/mol. The van der Waals surface area contributed by atoms with Crippen molar-refractivity contribution in [3.63, 3.8) is 0 Å². The highest BCUT2D eigenvalue weighted by Gasteiger charge is 2.27. The molecule has 1 aliphatic heterocycles. The summed E-state index contributed by atoms with van der Waals surface area (Å²) in [5.41, 5.74) is 2.08. The number of hydrogen-bond donors (Lipinski definition) is 1. The maximum absolute atomic E-state index is 12.0. The first-order valence-corrected chi connectivity index (χ1v) is 11.3. The van der Waals surface area contributed by atoms with Gasteiger partial charge in [0.1, 0.15) is 0 Å². The number of aromatic nitrogens is 2. The molecule has 6 nitrogen and oxygen atoms in total. The molecule has 1 N–H and O–H groups in total. The second-order valence-electron chi connectivity index (χ2n) is 6.30. The van der Waals surface area contributed by atoms with Crippen LogP contribution < -0.4 is 5.32 Å². The van der Waals surface area contributed by atoms with E-state index in [0.29, 0.717) is 25.1 Å². The lowest BCUT2D eigenvalue weighted by molar-refractivity contribution is -0.120. The van der Waals surface area contributed by atoms with Gasteiger partial charge in [-0.2, -0.15) is 0 Å². The van der Waals surface area contributed by atoms with E-state index >= 15 is 0 Å². The number of benzene rings is 1. The summed E-state index contributed by atoms with van der Waals surface area (Å²) < 4.78 is 25.0. The Hall–Kier alpha value is -1.54. The van der Waals surface area contributed by atoms with Gasteiger partial charge in [-0.25, -0.2) is 13.4 Å². The number of carbonyl (C=O) groups excluding carboxylic acids is 1. The van der Waals surface area contributed by atoms with Gasteiger partial charge in [0.05, 0.1) is 22.5 Å². The molecule has 0 spiro atoms. The Bertz CT molecular complexity index is 861. The summed E-state index contributed by atoms with van der Waals surface area (Å²) in [6.07, 6.45) is 1.05. The van der Waals surface area contributed by atoms with E-state index in [1.807, 2.05) is 18.2 Å². The standard InChI is InChI=1S/C17H23N3O3S2/c1-2-20-15-6-4-3-5-14(15)19-17(20)24-9-7-16(21)18-11-13-8-10-25(22,23)12-13/h3-6,13H,2,7-12H2,1H3,(H,18,21). The number of amides is 1. The van der Waals surface area contributed by atoms with Crippen molar-refractivity contribution in [1.29, 1.82) is 0 Å². The Labute approximate surface area is 152 Å². The van der Waals surface area contributed by atoms with Gasteiger partial charge in [-0.15, -0.1) is 0 Å². The van der Waals surface area contributed by atoms with Crippen LogP contribution in [0.25, 0.3) is 11.0 Å². The maximum Gasteiger partial charge on any atom is 0.220 e. The highest BCUT2D eigenvalue weighted by Crippen LogP contribution is 2.24. The quantitative estimate of drug-likeness (QED) is 0.743. The third-order valence-corrected chi connectivity index (χ3v) is 7.23. The Morgan fingerprint density at radius 2 is 2.20 bits per heavy atom. The topological polar surface area (TPSA) is 81.1 Å². The molecule has 136 valence electrons. The maximum atomic E-state index is 12.0. The van der Waals surface area contributed by atoms with Crippen LogP contribution in [0.2, 0.25) is 0 Å². The minimum absolute atomic E-state index is 0.0315. The molecule has 0 aliphatic carbocycles. The molecular weight excluding hydrogens is 358 g/mol. The van der Waals surface area contributed by atoms with Crippen LogP contribution in [0.5, 0.6) is 0 Å². The second-order valence-corrected chi connectivity index (χ2v) is 9.59. The average molecular weight is 382 g/mol. The van der Waals surface area contributed by atoms with Crippen molar-refractivity contribution in [3.05, 3.63) is 24.3 Å². The number of fused-ring (bicyclic) bond motifs is 1. The first-order chi connectivity index (χ1) is 12.0. The van der Waals surface area contributed by atoms with Crippen LogP contribution in [0.15, 0.2) is 29.4 Å². The van der Waals surface area contributed by atoms with Crippen LogP contribution in [-0.4, -0.2) is 47.7 Å². The lowest BCUT2D eigenvalue weighted by Gasteiger charge is -2.09. The van der Waals surface area contributed by atoms with Crippen LogP contribution in [-0.2, 0) is 21.2 Å². The number of nitrogens with one attached hydrogen (secondary N) is 1. The third-order valence-electron chi connectivity index (χ3n) is 4.41. The molecule has 0 saturated carbocycles. The van der Waals surface area contributed by atoms with Crippen molar-refractivity contribution < 1.29 is 13.2 Å². The number of rotatable bonds is 7. The highest BCUT2D eigenvalue weighted by atomic mass is 32.2. The number of sulfone groups is 1. The van der Waals surface area contributed by atoms with E-state index in [4.69, 9.17) is 0 Å². The molecule has 0 radical (unpaired) electrons. The summed E-state index contributed by atoms with van der Waals surface area (Å²) in [5, 5.41) is 3.79. The van der Waals surface area contributed by atoms with E-state index in [9.17, 15) is 13.2 Å². The van der Waals surface area contributed by atoms with E-state index in [0.717, 1.165) is 22.7 Å². The van der Waals surface area contributed by atoms with Crippen LogP contribution in [0.1, 0.15) is 19.8 Å². The number of carbonyl (C=O) groups is 1. The smallest absolute Gasteiger partial charge is 0.220 e. The van der Waals surface area contributed by atoms with Crippen molar-refractivity contribution in [3.8, 4) is 0 Å². The SMILES string of the molecule is CCn1c(SCCC(=O)NCC2CCS(=O)(=O)C2)nc2ccccc21. The van der Waals surface area contributed by atoms with Crippen LogP contribution in [0.4, 0.5) is 0 Å². The molecular formula is C17H23N3O3S2. The number of imidazole rings is 1. The molecule has 0 bridgehead atoms. The van der Waals surface area contributed by atoms with Gasteiger partial charge >= 0.3 is 0 Å². The largest absolute Gasteiger partial charge is 0.356 e. The number of thioether (sulfide) groups is 1. The lowest BCUT2D eigenvalue weighted by Crippen LogP contribution is -2.30. The summed E-state index contributed by atoms with van der Waals surface area (Å²) in [5.74, 6) is 1.12. The second kappa shape index (κ2) is 7.78. The highest BCUT2D eigenvalue weighted by molar-refractivity contribution is 7.99. The molecule has 2 heterocycles. The average Bonchev–Trinajstić information content (AvgIpc) is 3.12. The minimum atomic E-state index is -2.88. The fourth-order valence-electron chi connectivity index (χ4n) is 3.08. The lowest BCUT2D eigenvalue weighted by atomic mass is 10.1. The van der Waals surface area contributed by atoms with Crippen LogP contribution in [0.3, 0.4) is 0 Å². The Morgan fingerprint density at radius 3 is 2.92 bits per heavy atom. The van der Waals surface area contributed by atoms with Crippen molar-refractivity contribution in [2.24, 2.45) is 5.92 Å². The zero-order valence-corrected chi connectivity index (χ0v) is 15.9. The number of hydrogen-bond acceptors (Lipinski definition) is 5. The molecule has 1 atom stereocenters. The Kier molecular flexibility index (Phi) is 5.68. The minimum Gasteiger partial charge on any atom is -0.356 e. The van der Waals surface area contributed by atoms with Gasteiger partial charge in [0, 0.05) is 25.3 Å². The summed E-state index contributed by atoms with van der Waals surface area (Å²) in [4.78, 5) is 16.6. The predicted molar refractivity (Wildman–Crippen MR) is 101 cm³/mol. The predicted octanol–water partition coefficient (Wildman–Crippen LogP) is 2.09. The van der Waals surface area contributed by atoms with Gasteiger partial charge in [0.15, 0.2) is 15.0 Å². The summed E-state index contributed by atoms with van der Waals surface area (Å²) in [6, 6.07) is 8.02. The van der Waals surface area contributed by atoms with E-state index in [1.54, 1.807) is 11.8 Å². The van der Waals surface area contributed by atoms with Gasteiger partial charge in [0.25, 0.3) is 0 Å². The Balaban J connectivity index is 1.47. The number of nitrogens with zero attached hydrogens (tertiary/aromatic N) is 2. The van der Waals surface area contributed by atoms with E-state index in [2.05, 4.69) is 27.9 Å². The molecule has 3 rings (SSSR count). The van der Waals surface area contributed by atoms with Crippen LogP contribution in [0, 0.1) is 5.92 Å². The molecule has 1 fully saturated rings. The summed E-state index contributed by atoms with van der Waals surface area (Å²) in [7, 11) is -2.88.